The van der Waals surface area contributed by atoms with Crippen molar-refractivity contribution in [1.82, 2.24) is 5.32 Å². The van der Waals surface area contributed by atoms with Gasteiger partial charge in [-0.25, -0.2) is 4.79 Å². The standard InChI is InChI=1S/C20H24Cl2N2O3/c1-10(2)27-20(25)18-15(9-26-5)24-12(4)13(8-23)16(18)17-14(21)7-6-11(3)19(17)22/h6-7,10-11,16,19,24H,9H2,1-5H3. The molecule has 27 heavy (non-hydrogen) atoms. The molecule has 0 aromatic heterocycles. The molecule has 1 aliphatic carbocycles. The summed E-state index contributed by atoms with van der Waals surface area (Å²) in [5, 5.41) is 12.9. The number of ether oxygens (including phenoxy) is 2. The maximum atomic E-state index is 13.0. The molecule has 3 unspecified atom stereocenters. The number of nitriles is 1. The Morgan fingerprint density at radius 3 is 2.67 bits per heavy atom. The predicted molar refractivity (Wildman–Crippen MR) is 106 cm³/mol. The molecule has 0 spiro atoms. The van der Waals surface area contributed by atoms with Gasteiger partial charge in [0.25, 0.3) is 0 Å². The van der Waals surface area contributed by atoms with Gasteiger partial charge in [0, 0.05) is 17.8 Å². The van der Waals surface area contributed by atoms with Crippen molar-refractivity contribution in [2.45, 2.75) is 39.2 Å². The number of alkyl halides is 1. The average Bonchev–Trinajstić information content (AvgIpc) is 2.58. The molecular formula is C20H24Cl2N2O3. The zero-order chi connectivity index (χ0) is 20.3. The molecule has 146 valence electrons. The Morgan fingerprint density at radius 1 is 1.44 bits per heavy atom. The van der Waals surface area contributed by atoms with Crippen molar-refractivity contribution in [3.05, 3.63) is 45.3 Å². The molecule has 3 atom stereocenters. The summed E-state index contributed by atoms with van der Waals surface area (Å²) in [5.74, 6) is -1.19. The average molecular weight is 411 g/mol. The smallest absolute Gasteiger partial charge is 0.337 e. The van der Waals surface area contributed by atoms with Crippen LogP contribution < -0.4 is 5.32 Å². The number of nitrogens with one attached hydrogen (secondary N) is 1. The normalized spacial score (nSPS) is 25.7. The Morgan fingerprint density at radius 2 is 2.11 bits per heavy atom. The Balaban J connectivity index is 2.72. The van der Waals surface area contributed by atoms with E-state index >= 15 is 0 Å². The lowest BCUT2D eigenvalue weighted by Gasteiger charge is -2.35. The Bertz CT molecular complexity index is 788. The van der Waals surface area contributed by atoms with E-state index in [4.69, 9.17) is 32.7 Å². The van der Waals surface area contributed by atoms with Gasteiger partial charge in [0.2, 0.25) is 0 Å². The minimum absolute atomic E-state index is 0.00699. The van der Waals surface area contributed by atoms with Crippen LogP contribution in [0.1, 0.15) is 27.7 Å². The Kier molecular flexibility index (Phi) is 7.16. The maximum absolute atomic E-state index is 13.0. The number of carbonyl (C=O) groups excluding carboxylic acids is 1. The number of methoxy groups -OCH3 is 1. The first-order valence-corrected chi connectivity index (χ1v) is 9.57. The second-order valence-corrected chi connectivity index (χ2v) is 7.79. The van der Waals surface area contributed by atoms with Crippen LogP contribution in [0.2, 0.25) is 0 Å². The number of hydrogen-bond acceptors (Lipinski definition) is 5. The molecule has 0 radical (unpaired) electrons. The van der Waals surface area contributed by atoms with Gasteiger partial charge >= 0.3 is 5.97 Å². The van der Waals surface area contributed by atoms with Gasteiger partial charge in [-0.3, -0.25) is 0 Å². The molecule has 2 aliphatic rings. The summed E-state index contributed by atoms with van der Waals surface area (Å²) < 4.78 is 10.7. The molecule has 0 bridgehead atoms. The minimum Gasteiger partial charge on any atom is -0.460 e. The number of rotatable bonds is 5. The molecule has 0 fully saturated rings. The first kappa shape index (κ1) is 21.6. The lowest BCUT2D eigenvalue weighted by Crippen LogP contribution is -2.37. The van der Waals surface area contributed by atoms with E-state index in [1.807, 2.05) is 13.0 Å². The summed E-state index contributed by atoms with van der Waals surface area (Å²) in [5.41, 5.74) is 2.53. The van der Waals surface area contributed by atoms with Crippen LogP contribution in [0.15, 0.2) is 45.3 Å². The van der Waals surface area contributed by atoms with Crippen LogP contribution in [0.3, 0.4) is 0 Å². The SMILES string of the molecule is COCC1=C(C(=O)OC(C)C)C(C2=C(Cl)C=CC(C)C2Cl)C(C#N)=C(C)N1. The summed E-state index contributed by atoms with van der Waals surface area (Å²) in [6.07, 6.45) is 3.38. The molecule has 5 nitrogen and oxygen atoms in total. The topological polar surface area (TPSA) is 71.3 Å². The lowest BCUT2D eigenvalue weighted by atomic mass is 9.76. The van der Waals surface area contributed by atoms with E-state index in [9.17, 15) is 10.1 Å². The molecule has 2 rings (SSSR count). The van der Waals surface area contributed by atoms with Crippen molar-refractivity contribution in [2.75, 3.05) is 13.7 Å². The number of carbonyl (C=O) groups is 1. The van der Waals surface area contributed by atoms with E-state index in [-0.39, 0.29) is 18.6 Å². The highest BCUT2D eigenvalue weighted by Gasteiger charge is 2.41. The molecule has 1 N–H and O–H groups in total. The van der Waals surface area contributed by atoms with E-state index in [2.05, 4.69) is 11.4 Å². The molecule has 0 amide bonds. The fourth-order valence-corrected chi connectivity index (χ4v) is 3.96. The zero-order valence-electron chi connectivity index (χ0n) is 16.1. The van der Waals surface area contributed by atoms with Gasteiger partial charge in [0.1, 0.15) is 0 Å². The maximum Gasteiger partial charge on any atom is 0.337 e. The van der Waals surface area contributed by atoms with Gasteiger partial charge in [0.05, 0.1) is 46.9 Å². The van der Waals surface area contributed by atoms with Crippen LogP contribution in [0, 0.1) is 23.2 Å². The van der Waals surface area contributed by atoms with Gasteiger partial charge in [-0.15, -0.1) is 11.6 Å². The van der Waals surface area contributed by atoms with Gasteiger partial charge in [-0.05, 0) is 38.3 Å². The van der Waals surface area contributed by atoms with Crippen molar-refractivity contribution in [3.63, 3.8) is 0 Å². The first-order chi connectivity index (χ1) is 12.7. The van der Waals surface area contributed by atoms with Crippen LogP contribution >= 0.6 is 23.2 Å². The fraction of sp³-hybridized carbons (Fsp3) is 0.500. The summed E-state index contributed by atoms with van der Waals surface area (Å²) in [4.78, 5) is 13.0. The minimum atomic E-state index is -0.685. The largest absolute Gasteiger partial charge is 0.460 e. The fourth-order valence-electron chi connectivity index (χ4n) is 3.27. The van der Waals surface area contributed by atoms with Crippen LogP contribution in [-0.2, 0) is 14.3 Å². The third-order valence-corrected chi connectivity index (χ3v) is 5.49. The number of hydrogen-bond donors (Lipinski definition) is 1. The summed E-state index contributed by atoms with van der Waals surface area (Å²) in [7, 11) is 1.54. The predicted octanol–water partition coefficient (Wildman–Crippen LogP) is 4.16. The lowest BCUT2D eigenvalue weighted by molar-refractivity contribution is -0.143. The highest BCUT2D eigenvalue weighted by atomic mass is 35.5. The quantitative estimate of drug-likeness (QED) is 0.543. The summed E-state index contributed by atoms with van der Waals surface area (Å²) in [6, 6.07) is 2.22. The van der Waals surface area contributed by atoms with E-state index in [1.165, 1.54) is 7.11 Å². The van der Waals surface area contributed by atoms with Crippen molar-refractivity contribution in [1.29, 1.82) is 5.26 Å². The van der Waals surface area contributed by atoms with Crippen molar-refractivity contribution in [2.24, 2.45) is 11.8 Å². The van der Waals surface area contributed by atoms with Gasteiger partial charge in [-0.1, -0.05) is 24.6 Å². The van der Waals surface area contributed by atoms with Crippen LogP contribution in [0.25, 0.3) is 0 Å². The highest BCUT2D eigenvalue weighted by Crippen LogP contribution is 2.44. The van der Waals surface area contributed by atoms with Gasteiger partial charge in [0.15, 0.2) is 0 Å². The molecule has 1 heterocycles. The Labute approximate surface area is 170 Å². The summed E-state index contributed by atoms with van der Waals surface area (Å²) >= 11 is 13.2. The summed E-state index contributed by atoms with van der Waals surface area (Å²) in [6.45, 7) is 7.46. The van der Waals surface area contributed by atoms with Crippen LogP contribution in [-0.4, -0.2) is 31.2 Å². The molecule has 1 aliphatic heterocycles. The van der Waals surface area contributed by atoms with E-state index in [0.29, 0.717) is 33.1 Å². The van der Waals surface area contributed by atoms with Crippen LogP contribution in [0.4, 0.5) is 0 Å². The van der Waals surface area contributed by atoms with Crippen molar-refractivity contribution < 1.29 is 14.3 Å². The molecule has 0 saturated heterocycles. The highest BCUT2D eigenvalue weighted by molar-refractivity contribution is 6.33. The number of halogens is 2. The second-order valence-electron chi connectivity index (χ2n) is 6.91. The second kappa shape index (κ2) is 8.97. The third-order valence-electron chi connectivity index (χ3n) is 4.51. The van der Waals surface area contributed by atoms with Crippen molar-refractivity contribution >= 4 is 29.2 Å². The number of esters is 1. The van der Waals surface area contributed by atoms with E-state index < -0.39 is 17.3 Å². The molecule has 0 saturated carbocycles. The molecule has 0 aromatic rings. The van der Waals surface area contributed by atoms with E-state index in [0.717, 1.165) is 0 Å². The van der Waals surface area contributed by atoms with Gasteiger partial charge in [-0.2, -0.15) is 5.26 Å². The van der Waals surface area contributed by atoms with Crippen molar-refractivity contribution in [3.8, 4) is 6.07 Å². The Hall–Kier alpha value is -1.74. The zero-order valence-corrected chi connectivity index (χ0v) is 17.6. The number of dihydropyridines is 1. The number of allylic oxidation sites excluding steroid dienone is 6. The number of nitrogens with zero attached hydrogens (tertiary/aromatic N) is 1. The third kappa shape index (κ3) is 4.40. The molecule has 7 heteroatoms. The van der Waals surface area contributed by atoms with E-state index in [1.54, 1.807) is 26.8 Å². The molecular weight excluding hydrogens is 387 g/mol. The van der Waals surface area contributed by atoms with Gasteiger partial charge < -0.3 is 14.8 Å². The monoisotopic (exact) mass is 410 g/mol. The van der Waals surface area contributed by atoms with Crippen LogP contribution in [0.5, 0.6) is 0 Å². The first-order valence-electron chi connectivity index (χ1n) is 8.75. The molecule has 0 aromatic carbocycles.